The smallest absolute Gasteiger partial charge is 0.226 e. The van der Waals surface area contributed by atoms with Crippen molar-refractivity contribution >= 4 is 28.5 Å². The zero-order valence-electron chi connectivity index (χ0n) is 16.4. The van der Waals surface area contributed by atoms with Gasteiger partial charge in [-0.1, -0.05) is 0 Å². The second kappa shape index (κ2) is 8.49. The van der Waals surface area contributed by atoms with E-state index in [0.717, 1.165) is 48.4 Å². The number of methoxy groups -OCH3 is 2. The van der Waals surface area contributed by atoms with Crippen LogP contribution in [0, 0.1) is 0 Å². The van der Waals surface area contributed by atoms with Crippen molar-refractivity contribution in [2.24, 2.45) is 0 Å². The number of aliphatic hydroxyl groups excluding tert-OH is 1. The maximum Gasteiger partial charge on any atom is 0.226 e. The molecule has 1 aliphatic heterocycles. The number of rotatable bonds is 5. The van der Waals surface area contributed by atoms with Gasteiger partial charge in [0.1, 0.15) is 11.6 Å². The fourth-order valence-corrected chi connectivity index (χ4v) is 3.91. The van der Waals surface area contributed by atoms with Gasteiger partial charge in [-0.3, -0.25) is 0 Å². The van der Waals surface area contributed by atoms with Crippen LogP contribution in [0.1, 0.15) is 18.4 Å². The molecular formula is C21H23ClN4O3. The molecule has 1 aromatic carbocycles. The van der Waals surface area contributed by atoms with Gasteiger partial charge in [0.2, 0.25) is 5.28 Å². The average Bonchev–Trinajstić information content (AvgIpc) is 2.77. The molecule has 0 bridgehead atoms. The Morgan fingerprint density at radius 3 is 2.79 bits per heavy atom. The van der Waals surface area contributed by atoms with E-state index in [4.69, 9.17) is 26.1 Å². The van der Waals surface area contributed by atoms with E-state index in [1.807, 2.05) is 30.3 Å². The van der Waals surface area contributed by atoms with Crippen molar-refractivity contribution in [3.05, 3.63) is 41.2 Å². The molecule has 4 rings (SSSR count). The summed E-state index contributed by atoms with van der Waals surface area (Å²) < 4.78 is 10.8. The minimum absolute atomic E-state index is 0.113. The van der Waals surface area contributed by atoms with E-state index in [9.17, 15) is 5.11 Å². The van der Waals surface area contributed by atoms with E-state index in [0.29, 0.717) is 17.0 Å². The van der Waals surface area contributed by atoms with Crippen LogP contribution in [0.15, 0.2) is 30.3 Å². The predicted molar refractivity (Wildman–Crippen MR) is 112 cm³/mol. The SMILES string of the molecule is COc1ccc(-c2ccc3c(N4CCCC(OC)C4)nc(Cl)nc3n2)cc1CO. The summed E-state index contributed by atoms with van der Waals surface area (Å²) in [6.45, 7) is 1.54. The molecule has 1 unspecified atom stereocenters. The van der Waals surface area contributed by atoms with Crippen molar-refractivity contribution < 1.29 is 14.6 Å². The fraction of sp³-hybridized carbons (Fsp3) is 0.381. The molecule has 152 valence electrons. The number of hydrogen-bond donors (Lipinski definition) is 1. The number of hydrogen-bond acceptors (Lipinski definition) is 7. The minimum atomic E-state index is -0.113. The Kier molecular flexibility index (Phi) is 5.80. The zero-order valence-corrected chi connectivity index (χ0v) is 17.2. The summed E-state index contributed by atoms with van der Waals surface area (Å²) in [4.78, 5) is 15.7. The fourth-order valence-electron chi connectivity index (χ4n) is 3.75. The highest BCUT2D eigenvalue weighted by molar-refractivity contribution is 6.28. The van der Waals surface area contributed by atoms with Crippen molar-refractivity contribution in [1.29, 1.82) is 0 Å². The number of ether oxygens (including phenoxy) is 2. The predicted octanol–water partition coefficient (Wildman–Crippen LogP) is 3.46. The van der Waals surface area contributed by atoms with Gasteiger partial charge < -0.3 is 19.5 Å². The molecule has 29 heavy (non-hydrogen) atoms. The minimum Gasteiger partial charge on any atom is -0.496 e. The highest BCUT2D eigenvalue weighted by atomic mass is 35.5. The Bertz CT molecular complexity index is 1030. The first-order valence-electron chi connectivity index (χ1n) is 9.53. The highest BCUT2D eigenvalue weighted by Crippen LogP contribution is 2.31. The molecule has 1 aliphatic rings. The highest BCUT2D eigenvalue weighted by Gasteiger charge is 2.23. The summed E-state index contributed by atoms with van der Waals surface area (Å²) in [5, 5.41) is 10.6. The summed E-state index contributed by atoms with van der Waals surface area (Å²) in [5.41, 5.74) is 2.85. The third-order valence-corrected chi connectivity index (χ3v) is 5.44. The Hall–Kier alpha value is -2.48. The van der Waals surface area contributed by atoms with Crippen LogP contribution in [0.4, 0.5) is 5.82 Å². The molecule has 0 aliphatic carbocycles. The lowest BCUT2D eigenvalue weighted by Crippen LogP contribution is -2.39. The van der Waals surface area contributed by atoms with Gasteiger partial charge in [0.15, 0.2) is 5.65 Å². The lowest BCUT2D eigenvalue weighted by molar-refractivity contribution is 0.0892. The van der Waals surface area contributed by atoms with Gasteiger partial charge in [-0.25, -0.2) is 4.98 Å². The van der Waals surface area contributed by atoms with E-state index >= 15 is 0 Å². The summed E-state index contributed by atoms with van der Waals surface area (Å²) >= 11 is 6.23. The van der Waals surface area contributed by atoms with Gasteiger partial charge in [-0.05, 0) is 54.8 Å². The number of halogens is 1. The van der Waals surface area contributed by atoms with Gasteiger partial charge in [-0.15, -0.1) is 0 Å². The van der Waals surface area contributed by atoms with Crippen LogP contribution in [0.3, 0.4) is 0 Å². The van der Waals surface area contributed by atoms with Gasteiger partial charge in [-0.2, -0.15) is 9.97 Å². The molecule has 3 heterocycles. The first kappa shape index (κ1) is 19.8. The standard InChI is InChI=1S/C21H23ClN4O3/c1-28-15-4-3-9-26(11-15)20-16-6-7-17(23-19(16)24-21(22)25-20)13-5-8-18(29-2)14(10-13)12-27/h5-8,10,15,27H,3-4,9,11-12H2,1-2H3. The molecular weight excluding hydrogens is 392 g/mol. The third kappa shape index (κ3) is 3.99. The first-order valence-corrected chi connectivity index (χ1v) is 9.91. The number of benzene rings is 1. The van der Waals surface area contributed by atoms with E-state index < -0.39 is 0 Å². The topological polar surface area (TPSA) is 80.6 Å². The van der Waals surface area contributed by atoms with E-state index in [1.54, 1.807) is 14.2 Å². The lowest BCUT2D eigenvalue weighted by atomic mass is 10.1. The maximum atomic E-state index is 9.60. The van der Waals surface area contributed by atoms with Crippen LogP contribution in [0.25, 0.3) is 22.3 Å². The number of piperidine rings is 1. The quantitative estimate of drug-likeness (QED) is 0.640. The molecule has 0 amide bonds. The molecule has 7 nitrogen and oxygen atoms in total. The van der Waals surface area contributed by atoms with Crippen molar-refractivity contribution in [3.63, 3.8) is 0 Å². The van der Waals surface area contributed by atoms with Crippen LogP contribution >= 0.6 is 11.6 Å². The molecule has 1 N–H and O–H groups in total. The van der Waals surface area contributed by atoms with Crippen molar-refractivity contribution in [2.45, 2.75) is 25.6 Å². The van der Waals surface area contributed by atoms with Gasteiger partial charge >= 0.3 is 0 Å². The Labute approximate surface area is 174 Å². The number of nitrogens with zero attached hydrogens (tertiary/aromatic N) is 4. The van der Waals surface area contributed by atoms with Gasteiger partial charge in [0.25, 0.3) is 0 Å². The molecule has 3 aromatic rings. The van der Waals surface area contributed by atoms with Crippen LogP contribution < -0.4 is 9.64 Å². The Balaban J connectivity index is 1.75. The second-order valence-electron chi connectivity index (χ2n) is 7.01. The average molecular weight is 415 g/mol. The summed E-state index contributed by atoms with van der Waals surface area (Å²) in [5.74, 6) is 1.43. The van der Waals surface area contributed by atoms with Crippen LogP contribution in [-0.2, 0) is 11.3 Å². The summed E-state index contributed by atoms with van der Waals surface area (Å²) in [6.07, 6.45) is 2.25. The zero-order chi connectivity index (χ0) is 20.4. The van der Waals surface area contributed by atoms with Gasteiger partial charge in [0, 0.05) is 31.3 Å². The molecule has 0 spiro atoms. The van der Waals surface area contributed by atoms with Crippen LogP contribution in [0.2, 0.25) is 5.28 Å². The molecule has 2 aromatic heterocycles. The largest absolute Gasteiger partial charge is 0.496 e. The molecule has 0 saturated carbocycles. The lowest BCUT2D eigenvalue weighted by Gasteiger charge is -2.33. The number of pyridine rings is 1. The van der Waals surface area contributed by atoms with Gasteiger partial charge in [0.05, 0.1) is 30.9 Å². The number of fused-ring (bicyclic) bond motifs is 1. The Morgan fingerprint density at radius 1 is 1.17 bits per heavy atom. The molecule has 1 atom stereocenters. The Morgan fingerprint density at radius 2 is 2.03 bits per heavy atom. The van der Waals surface area contributed by atoms with Crippen LogP contribution in [0.5, 0.6) is 5.75 Å². The third-order valence-electron chi connectivity index (χ3n) is 5.27. The summed E-state index contributed by atoms with van der Waals surface area (Å²) in [6, 6.07) is 9.50. The molecule has 1 saturated heterocycles. The summed E-state index contributed by atoms with van der Waals surface area (Å²) in [7, 11) is 3.32. The van der Waals surface area contributed by atoms with E-state index in [-0.39, 0.29) is 18.0 Å². The van der Waals surface area contributed by atoms with Crippen molar-refractivity contribution in [2.75, 3.05) is 32.2 Å². The normalized spacial score (nSPS) is 17.0. The van der Waals surface area contributed by atoms with Crippen molar-refractivity contribution in [1.82, 2.24) is 15.0 Å². The monoisotopic (exact) mass is 414 g/mol. The number of aromatic nitrogens is 3. The van der Waals surface area contributed by atoms with Crippen LogP contribution in [-0.4, -0.2) is 53.5 Å². The van der Waals surface area contributed by atoms with Crippen molar-refractivity contribution in [3.8, 4) is 17.0 Å². The first-order chi connectivity index (χ1) is 14.1. The molecule has 8 heteroatoms. The molecule has 1 fully saturated rings. The number of anilines is 1. The molecule has 0 radical (unpaired) electrons. The second-order valence-corrected chi connectivity index (χ2v) is 7.35. The van der Waals surface area contributed by atoms with E-state index in [2.05, 4.69) is 14.9 Å². The maximum absolute atomic E-state index is 9.60. The number of aliphatic hydroxyl groups is 1. The van der Waals surface area contributed by atoms with E-state index in [1.165, 1.54) is 0 Å².